The van der Waals surface area contributed by atoms with Gasteiger partial charge in [-0.25, -0.2) is 0 Å². The third-order valence-corrected chi connectivity index (χ3v) is 2.52. The van der Waals surface area contributed by atoms with Crippen LogP contribution in [-0.4, -0.2) is 20.3 Å². The van der Waals surface area contributed by atoms with Gasteiger partial charge in [0.25, 0.3) is 0 Å². The van der Waals surface area contributed by atoms with E-state index in [0.717, 1.165) is 18.7 Å². The Hall–Kier alpha value is -1.25. The number of fused-ring (bicyclic) bond motifs is 1. The molecule has 0 aliphatic carbocycles. The molecule has 1 aliphatic rings. The number of carbonyl (C=O) groups excluding carboxylic acids is 1. The highest BCUT2D eigenvalue weighted by Crippen LogP contribution is 2.26. The third kappa shape index (κ3) is 1.35. The van der Waals surface area contributed by atoms with Crippen LogP contribution < -0.4 is 10.4 Å². The fourth-order valence-corrected chi connectivity index (χ4v) is 1.82. The smallest absolute Gasteiger partial charge is 0.223 e. The molecule has 0 saturated carbocycles. The third-order valence-electron chi connectivity index (χ3n) is 2.52. The van der Waals surface area contributed by atoms with Crippen LogP contribution >= 0.6 is 0 Å². The second-order valence-electron chi connectivity index (χ2n) is 3.55. The van der Waals surface area contributed by atoms with Gasteiger partial charge in [-0.3, -0.25) is 4.79 Å². The van der Waals surface area contributed by atoms with Crippen molar-refractivity contribution in [3.05, 3.63) is 23.8 Å². The van der Waals surface area contributed by atoms with E-state index >= 15 is 0 Å². The standard InChI is InChI=1S/C10H12BNO/c1-7(13)12-5-4-8-2-3-9(11)6-10(8)12/h2-3,6H,4-5,11H2,1H3. The van der Waals surface area contributed by atoms with Gasteiger partial charge in [0, 0.05) is 19.2 Å². The molecule has 13 heavy (non-hydrogen) atoms. The highest BCUT2D eigenvalue weighted by atomic mass is 16.2. The Morgan fingerprint density at radius 1 is 1.54 bits per heavy atom. The van der Waals surface area contributed by atoms with Gasteiger partial charge < -0.3 is 4.90 Å². The summed E-state index contributed by atoms with van der Waals surface area (Å²) in [4.78, 5) is 13.1. The summed E-state index contributed by atoms with van der Waals surface area (Å²) >= 11 is 0. The van der Waals surface area contributed by atoms with Crippen molar-refractivity contribution in [3.63, 3.8) is 0 Å². The van der Waals surface area contributed by atoms with Crippen molar-refractivity contribution in [3.8, 4) is 0 Å². The van der Waals surface area contributed by atoms with Gasteiger partial charge in [0.05, 0.1) is 0 Å². The van der Waals surface area contributed by atoms with Gasteiger partial charge in [0.15, 0.2) is 0 Å². The van der Waals surface area contributed by atoms with Gasteiger partial charge in [-0.1, -0.05) is 17.6 Å². The van der Waals surface area contributed by atoms with Crippen LogP contribution in [0, 0.1) is 0 Å². The van der Waals surface area contributed by atoms with E-state index in [1.807, 2.05) is 4.90 Å². The Kier molecular flexibility index (Phi) is 1.87. The molecule has 0 saturated heterocycles. The SMILES string of the molecule is Bc1ccc2c(c1)N(C(C)=O)CC2. The van der Waals surface area contributed by atoms with E-state index in [-0.39, 0.29) is 5.91 Å². The van der Waals surface area contributed by atoms with Crippen LogP contribution in [0.5, 0.6) is 0 Å². The van der Waals surface area contributed by atoms with Crippen LogP contribution in [0.15, 0.2) is 18.2 Å². The minimum atomic E-state index is 0.143. The molecule has 0 bridgehead atoms. The molecular formula is C10H12BNO. The van der Waals surface area contributed by atoms with Crippen molar-refractivity contribution in [2.24, 2.45) is 0 Å². The summed E-state index contributed by atoms with van der Waals surface area (Å²) in [5, 5.41) is 0. The number of hydrogen-bond donors (Lipinski definition) is 0. The van der Waals surface area contributed by atoms with Crippen LogP contribution in [0.25, 0.3) is 0 Å². The molecule has 0 spiro atoms. The molecule has 1 aromatic carbocycles. The van der Waals surface area contributed by atoms with Crippen molar-refractivity contribution in [1.29, 1.82) is 0 Å². The van der Waals surface area contributed by atoms with Crippen molar-refractivity contribution >= 4 is 24.9 Å². The summed E-state index contributed by atoms with van der Waals surface area (Å²) in [6, 6.07) is 6.31. The molecular weight excluding hydrogens is 161 g/mol. The molecule has 0 aromatic heterocycles. The van der Waals surface area contributed by atoms with E-state index in [9.17, 15) is 4.79 Å². The first-order valence-corrected chi connectivity index (χ1v) is 4.56. The average Bonchev–Trinajstić information content (AvgIpc) is 2.46. The number of amides is 1. The molecule has 1 aromatic rings. The molecule has 66 valence electrons. The van der Waals surface area contributed by atoms with Crippen LogP contribution in [0.4, 0.5) is 5.69 Å². The monoisotopic (exact) mass is 173 g/mol. The van der Waals surface area contributed by atoms with Crippen LogP contribution in [0.2, 0.25) is 0 Å². The molecule has 0 N–H and O–H groups in total. The van der Waals surface area contributed by atoms with Crippen molar-refractivity contribution in [2.75, 3.05) is 11.4 Å². The molecule has 2 rings (SSSR count). The second-order valence-corrected chi connectivity index (χ2v) is 3.55. The number of hydrogen-bond acceptors (Lipinski definition) is 1. The summed E-state index contributed by atoms with van der Waals surface area (Å²) in [6.45, 7) is 2.46. The lowest BCUT2D eigenvalue weighted by Crippen LogP contribution is -2.26. The predicted octanol–water partition coefficient (Wildman–Crippen LogP) is -0.146. The van der Waals surface area contributed by atoms with E-state index < -0.39 is 0 Å². The van der Waals surface area contributed by atoms with Crippen LogP contribution in [0.3, 0.4) is 0 Å². The van der Waals surface area contributed by atoms with Gasteiger partial charge in [-0.05, 0) is 18.1 Å². The van der Waals surface area contributed by atoms with Gasteiger partial charge in [0.1, 0.15) is 7.85 Å². The molecule has 1 heterocycles. The topological polar surface area (TPSA) is 20.3 Å². The average molecular weight is 173 g/mol. The van der Waals surface area contributed by atoms with Gasteiger partial charge in [0.2, 0.25) is 5.91 Å². The highest BCUT2D eigenvalue weighted by Gasteiger charge is 2.21. The lowest BCUT2D eigenvalue weighted by atomic mass is 9.94. The summed E-state index contributed by atoms with van der Waals surface area (Å²) in [5.41, 5.74) is 3.61. The van der Waals surface area contributed by atoms with Gasteiger partial charge in [-0.15, -0.1) is 0 Å². The molecule has 3 heteroatoms. The second kappa shape index (κ2) is 2.91. The largest absolute Gasteiger partial charge is 0.312 e. The first-order chi connectivity index (χ1) is 6.18. The van der Waals surface area contributed by atoms with E-state index in [4.69, 9.17) is 0 Å². The fourth-order valence-electron chi connectivity index (χ4n) is 1.82. The predicted molar refractivity (Wildman–Crippen MR) is 56.4 cm³/mol. The zero-order valence-electron chi connectivity index (χ0n) is 8.00. The maximum absolute atomic E-state index is 11.2. The normalized spacial score (nSPS) is 14.4. The van der Waals surface area contributed by atoms with Crippen LogP contribution in [0.1, 0.15) is 12.5 Å². The maximum atomic E-state index is 11.2. The number of carbonyl (C=O) groups is 1. The highest BCUT2D eigenvalue weighted by molar-refractivity contribution is 6.32. The Balaban J connectivity index is 2.46. The Morgan fingerprint density at radius 3 is 3.00 bits per heavy atom. The van der Waals surface area contributed by atoms with E-state index in [2.05, 4.69) is 26.0 Å². The zero-order valence-corrected chi connectivity index (χ0v) is 8.00. The molecule has 0 fully saturated rings. The molecule has 0 radical (unpaired) electrons. The lowest BCUT2D eigenvalue weighted by molar-refractivity contribution is -0.116. The number of rotatable bonds is 0. The van der Waals surface area contributed by atoms with Crippen molar-refractivity contribution < 1.29 is 4.79 Å². The van der Waals surface area contributed by atoms with E-state index in [1.54, 1.807) is 6.92 Å². The first-order valence-electron chi connectivity index (χ1n) is 4.56. The van der Waals surface area contributed by atoms with E-state index in [1.165, 1.54) is 11.0 Å². The summed E-state index contributed by atoms with van der Waals surface area (Å²) in [5.74, 6) is 0.143. The minimum absolute atomic E-state index is 0.143. The fraction of sp³-hybridized carbons (Fsp3) is 0.300. The van der Waals surface area contributed by atoms with Gasteiger partial charge in [-0.2, -0.15) is 0 Å². The van der Waals surface area contributed by atoms with E-state index in [0.29, 0.717) is 0 Å². The number of anilines is 1. The Labute approximate surface area is 79.0 Å². The molecule has 0 atom stereocenters. The first kappa shape index (κ1) is 8.36. The lowest BCUT2D eigenvalue weighted by Gasteiger charge is -2.14. The van der Waals surface area contributed by atoms with Crippen molar-refractivity contribution in [1.82, 2.24) is 0 Å². The van der Waals surface area contributed by atoms with Crippen LogP contribution in [-0.2, 0) is 11.2 Å². The molecule has 1 amide bonds. The molecule has 0 unspecified atom stereocenters. The minimum Gasteiger partial charge on any atom is -0.312 e. The summed E-state index contributed by atoms with van der Waals surface area (Å²) in [7, 11) is 2.05. The van der Waals surface area contributed by atoms with Crippen molar-refractivity contribution in [2.45, 2.75) is 13.3 Å². The maximum Gasteiger partial charge on any atom is 0.223 e. The summed E-state index contributed by atoms with van der Waals surface area (Å²) < 4.78 is 0. The molecule has 1 aliphatic heterocycles. The Bertz CT molecular complexity index is 362. The molecule has 2 nitrogen and oxygen atoms in total. The number of benzene rings is 1. The number of nitrogens with zero attached hydrogens (tertiary/aromatic N) is 1. The van der Waals surface area contributed by atoms with Gasteiger partial charge >= 0.3 is 0 Å². The zero-order chi connectivity index (χ0) is 9.42. The quantitative estimate of drug-likeness (QED) is 0.500. The summed E-state index contributed by atoms with van der Waals surface area (Å²) in [6.07, 6.45) is 0.995. The Morgan fingerprint density at radius 2 is 2.31 bits per heavy atom.